The summed E-state index contributed by atoms with van der Waals surface area (Å²) in [5, 5.41) is 5.80. The molecule has 1 saturated heterocycles. The van der Waals surface area contributed by atoms with Crippen molar-refractivity contribution in [2.24, 2.45) is 0 Å². The zero-order valence-corrected chi connectivity index (χ0v) is 8.39. The van der Waals surface area contributed by atoms with Gasteiger partial charge in [0, 0.05) is 6.54 Å². The van der Waals surface area contributed by atoms with E-state index in [0.29, 0.717) is 0 Å². The summed E-state index contributed by atoms with van der Waals surface area (Å²) in [4.78, 5) is 11.2. The third-order valence-electron chi connectivity index (χ3n) is 1.62. The Bertz CT molecular complexity index is 181. The topological polar surface area (TPSA) is 50.4 Å². The molecule has 1 atom stereocenters. The normalized spacial score (nSPS) is 22.8. The van der Waals surface area contributed by atoms with E-state index in [1.165, 1.54) is 0 Å². The van der Waals surface area contributed by atoms with Gasteiger partial charge in [-0.15, -0.1) is 0 Å². The zero-order valence-electron chi connectivity index (χ0n) is 8.39. The van der Waals surface area contributed by atoms with Crippen LogP contribution in [0.1, 0.15) is 27.2 Å². The quantitative estimate of drug-likeness (QED) is 0.641. The molecule has 0 aliphatic carbocycles. The van der Waals surface area contributed by atoms with Crippen LogP contribution in [0.5, 0.6) is 0 Å². The van der Waals surface area contributed by atoms with Crippen molar-refractivity contribution >= 4 is 6.09 Å². The van der Waals surface area contributed by atoms with Crippen LogP contribution >= 0.6 is 0 Å². The molecule has 1 unspecified atom stereocenters. The van der Waals surface area contributed by atoms with Gasteiger partial charge in [-0.25, -0.2) is 4.79 Å². The number of carbonyl (C=O) groups excluding carboxylic acids is 1. The highest BCUT2D eigenvalue weighted by Gasteiger charge is 2.21. The second-order valence-electron chi connectivity index (χ2n) is 4.16. The van der Waals surface area contributed by atoms with E-state index >= 15 is 0 Å². The molecule has 75 valence electrons. The molecular formula is C9H17N2O2. The first-order valence-corrected chi connectivity index (χ1v) is 4.53. The largest absolute Gasteiger partial charge is 0.444 e. The van der Waals surface area contributed by atoms with Crippen LogP contribution in [0.4, 0.5) is 4.79 Å². The number of rotatable bonds is 1. The minimum absolute atomic E-state index is 0.106. The van der Waals surface area contributed by atoms with Gasteiger partial charge in [0.05, 0.1) is 6.04 Å². The molecule has 0 aromatic heterocycles. The average Bonchev–Trinajstić information content (AvgIpc) is 2.34. The number of amides is 1. The van der Waals surface area contributed by atoms with Gasteiger partial charge < -0.3 is 15.4 Å². The molecule has 0 aromatic rings. The Balaban J connectivity index is 2.24. The van der Waals surface area contributed by atoms with Gasteiger partial charge >= 0.3 is 6.09 Å². The number of nitrogens with one attached hydrogen (secondary N) is 2. The fraction of sp³-hybridized carbons (Fsp3) is 0.778. The van der Waals surface area contributed by atoms with E-state index in [2.05, 4.69) is 10.6 Å². The van der Waals surface area contributed by atoms with Crippen molar-refractivity contribution in [1.82, 2.24) is 10.6 Å². The molecule has 1 aliphatic heterocycles. The molecule has 1 heterocycles. The van der Waals surface area contributed by atoms with E-state index in [-0.39, 0.29) is 12.1 Å². The Kier molecular flexibility index (Phi) is 3.14. The van der Waals surface area contributed by atoms with Crippen molar-refractivity contribution < 1.29 is 9.53 Å². The fourth-order valence-electron chi connectivity index (χ4n) is 1.12. The molecule has 0 bridgehead atoms. The van der Waals surface area contributed by atoms with E-state index in [1.807, 2.05) is 27.3 Å². The van der Waals surface area contributed by atoms with Crippen LogP contribution in [-0.2, 0) is 4.74 Å². The predicted octanol–water partition coefficient (Wildman–Crippen LogP) is 1.03. The smallest absolute Gasteiger partial charge is 0.407 e. The first-order chi connectivity index (χ1) is 5.97. The average molecular weight is 185 g/mol. The van der Waals surface area contributed by atoms with Crippen molar-refractivity contribution in [3.8, 4) is 0 Å². The molecule has 0 saturated carbocycles. The highest BCUT2D eigenvalue weighted by Crippen LogP contribution is 2.08. The molecule has 13 heavy (non-hydrogen) atoms. The molecule has 1 rings (SSSR count). The third kappa shape index (κ3) is 4.12. The van der Waals surface area contributed by atoms with E-state index in [1.54, 1.807) is 0 Å². The number of hydrogen-bond acceptors (Lipinski definition) is 3. The van der Waals surface area contributed by atoms with Crippen LogP contribution in [0.15, 0.2) is 0 Å². The molecule has 2 N–H and O–H groups in total. The van der Waals surface area contributed by atoms with Crippen molar-refractivity contribution in [1.29, 1.82) is 0 Å². The Morgan fingerprint density at radius 1 is 1.62 bits per heavy atom. The Morgan fingerprint density at radius 2 is 2.31 bits per heavy atom. The number of ether oxygens (including phenoxy) is 1. The minimum atomic E-state index is -0.421. The summed E-state index contributed by atoms with van der Waals surface area (Å²) in [7, 11) is 0. The molecule has 4 heteroatoms. The molecule has 1 radical (unpaired) electrons. The summed E-state index contributed by atoms with van der Waals surface area (Å²) < 4.78 is 5.10. The van der Waals surface area contributed by atoms with Gasteiger partial charge in [-0.3, -0.25) is 0 Å². The van der Waals surface area contributed by atoms with Gasteiger partial charge in [-0.2, -0.15) is 0 Å². The Labute approximate surface area is 79.0 Å². The predicted molar refractivity (Wildman–Crippen MR) is 50.1 cm³/mol. The summed E-state index contributed by atoms with van der Waals surface area (Å²) in [6, 6.07) is 0.106. The van der Waals surface area contributed by atoms with Crippen LogP contribution in [0, 0.1) is 6.54 Å². The first-order valence-electron chi connectivity index (χ1n) is 4.53. The van der Waals surface area contributed by atoms with Crippen LogP contribution in [0.2, 0.25) is 0 Å². The second kappa shape index (κ2) is 3.96. The summed E-state index contributed by atoms with van der Waals surface area (Å²) >= 11 is 0. The van der Waals surface area contributed by atoms with Crippen LogP contribution in [0.3, 0.4) is 0 Å². The second-order valence-corrected chi connectivity index (χ2v) is 4.16. The molecule has 1 fully saturated rings. The molecule has 1 amide bonds. The number of alkyl carbamates (subject to hydrolysis) is 1. The van der Waals surface area contributed by atoms with Gasteiger partial charge in [0.25, 0.3) is 0 Å². The minimum Gasteiger partial charge on any atom is -0.444 e. The number of carbonyl (C=O) groups is 1. The van der Waals surface area contributed by atoms with Crippen LogP contribution in [-0.4, -0.2) is 24.3 Å². The molecule has 0 aromatic carbocycles. The van der Waals surface area contributed by atoms with Crippen LogP contribution < -0.4 is 10.6 Å². The van der Waals surface area contributed by atoms with E-state index in [4.69, 9.17) is 4.74 Å². The standard InChI is InChI=1S/C9H17N2O2/c1-9(2,3)13-8(12)11-7-4-5-10-6-7/h6-7,10H,4-5H2,1-3H3,(H,11,12). The van der Waals surface area contributed by atoms with E-state index in [9.17, 15) is 4.79 Å². The third-order valence-corrected chi connectivity index (χ3v) is 1.62. The lowest BCUT2D eigenvalue weighted by Crippen LogP contribution is -2.38. The number of hydrogen-bond donors (Lipinski definition) is 2. The van der Waals surface area contributed by atoms with Gasteiger partial charge in [-0.05, 0) is 33.7 Å². The van der Waals surface area contributed by atoms with Crippen molar-refractivity contribution in [3.05, 3.63) is 6.54 Å². The van der Waals surface area contributed by atoms with Gasteiger partial charge in [0.1, 0.15) is 5.60 Å². The zero-order chi connectivity index (χ0) is 9.90. The first kappa shape index (κ1) is 10.3. The lowest BCUT2D eigenvalue weighted by molar-refractivity contribution is 0.0513. The highest BCUT2D eigenvalue weighted by molar-refractivity contribution is 5.68. The van der Waals surface area contributed by atoms with E-state index < -0.39 is 5.60 Å². The maximum atomic E-state index is 11.2. The molecule has 4 nitrogen and oxygen atoms in total. The lowest BCUT2D eigenvalue weighted by atomic mass is 10.2. The monoisotopic (exact) mass is 185 g/mol. The Morgan fingerprint density at radius 3 is 2.77 bits per heavy atom. The van der Waals surface area contributed by atoms with Gasteiger partial charge in [-0.1, -0.05) is 0 Å². The molecule has 1 aliphatic rings. The molecular weight excluding hydrogens is 168 g/mol. The fourth-order valence-corrected chi connectivity index (χ4v) is 1.12. The van der Waals surface area contributed by atoms with Crippen LogP contribution in [0.25, 0.3) is 0 Å². The summed E-state index contributed by atoms with van der Waals surface area (Å²) in [5.41, 5.74) is -0.421. The summed E-state index contributed by atoms with van der Waals surface area (Å²) in [6.45, 7) is 8.35. The van der Waals surface area contributed by atoms with Crippen molar-refractivity contribution in [2.75, 3.05) is 6.54 Å². The van der Waals surface area contributed by atoms with Crippen molar-refractivity contribution in [2.45, 2.75) is 38.8 Å². The van der Waals surface area contributed by atoms with Gasteiger partial charge in [0.2, 0.25) is 0 Å². The lowest BCUT2D eigenvalue weighted by Gasteiger charge is -2.21. The highest BCUT2D eigenvalue weighted by atomic mass is 16.6. The van der Waals surface area contributed by atoms with Crippen molar-refractivity contribution in [3.63, 3.8) is 0 Å². The maximum Gasteiger partial charge on any atom is 0.407 e. The Hall–Kier alpha value is -0.770. The SMILES string of the molecule is CC(C)(C)OC(=O)NC1[CH]NCC1. The summed E-state index contributed by atoms with van der Waals surface area (Å²) in [6.07, 6.45) is 0.580. The summed E-state index contributed by atoms with van der Waals surface area (Å²) in [5.74, 6) is 0. The van der Waals surface area contributed by atoms with Gasteiger partial charge in [0.15, 0.2) is 0 Å². The maximum absolute atomic E-state index is 11.2. The molecule has 0 spiro atoms. The van der Waals surface area contributed by atoms with E-state index in [0.717, 1.165) is 13.0 Å².